The van der Waals surface area contributed by atoms with Gasteiger partial charge in [0.15, 0.2) is 0 Å². The number of rotatable bonds is 12. The summed E-state index contributed by atoms with van der Waals surface area (Å²) in [6.45, 7) is 8.05. The molecule has 0 saturated carbocycles. The Bertz CT molecular complexity index is 307. The minimum absolute atomic E-state index is 0. The first-order valence-electron chi connectivity index (χ1n) is 7.62. The van der Waals surface area contributed by atoms with E-state index in [1.54, 1.807) is 27.7 Å². The van der Waals surface area contributed by atoms with E-state index in [0.717, 1.165) is 25.7 Å². The van der Waals surface area contributed by atoms with E-state index in [0.29, 0.717) is 26.1 Å². The van der Waals surface area contributed by atoms with Gasteiger partial charge in [-0.3, -0.25) is 4.79 Å². The molecule has 0 aromatic carbocycles. The van der Waals surface area contributed by atoms with Gasteiger partial charge in [0.25, 0.3) is 0 Å². The second kappa shape index (κ2) is 11.7. The van der Waals surface area contributed by atoms with Gasteiger partial charge < -0.3 is 19.7 Å². The smallest absolute Gasteiger partial charge is 0.550 e. The van der Waals surface area contributed by atoms with Gasteiger partial charge >= 0.3 is 43.7 Å². The number of hydrogen-bond acceptors (Lipinski definition) is 4. The number of ether oxygens (including phenoxy) is 1. The summed E-state index contributed by atoms with van der Waals surface area (Å²) >= 11 is 0. The zero-order valence-electron chi connectivity index (χ0n) is 14.4. The maximum atomic E-state index is 10.9. The van der Waals surface area contributed by atoms with Crippen LogP contribution in [0.5, 0.6) is 0 Å². The molecular weight excluding hydrogens is 312 g/mol. The molecule has 0 saturated heterocycles. The molecule has 0 atom stereocenters. The summed E-state index contributed by atoms with van der Waals surface area (Å²) in [6.07, 6.45) is 4.54. The molecule has 0 fully saturated rings. The first-order chi connectivity index (χ1) is 9.59. The zero-order chi connectivity index (χ0) is 16.5. The van der Waals surface area contributed by atoms with Gasteiger partial charge in [-0.1, -0.05) is 26.7 Å². The van der Waals surface area contributed by atoms with Crippen LogP contribution in [0.15, 0.2) is 0 Å². The summed E-state index contributed by atoms with van der Waals surface area (Å²) < 4.78 is 5.47. The fraction of sp³-hybridized carbons (Fsp3) is 0.875. The van der Waals surface area contributed by atoms with Crippen LogP contribution in [-0.2, 0) is 14.3 Å². The van der Waals surface area contributed by atoms with Crippen molar-refractivity contribution in [3.8, 4) is 0 Å². The van der Waals surface area contributed by atoms with Crippen molar-refractivity contribution in [3.05, 3.63) is 0 Å². The van der Waals surface area contributed by atoms with Crippen LogP contribution in [0.4, 0.5) is 0 Å². The van der Waals surface area contributed by atoms with E-state index < -0.39 is 22.8 Å². The molecular formula is C16H29CaO5+. The molecule has 0 aliphatic heterocycles. The quantitative estimate of drug-likeness (QED) is 0.432. The first-order valence-corrected chi connectivity index (χ1v) is 7.62. The molecule has 1 N–H and O–H groups in total. The third-order valence-corrected chi connectivity index (χ3v) is 3.81. The number of carbonyl (C=O) groups is 2. The Labute approximate surface area is 163 Å². The predicted molar refractivity (Wildman–Crippen MR) is 84.5 cm³/mol. The largest absolute Gasteiger partial charge is 2.00 e. The summed E-state index contributed by atoms with van der Waals surface area (Å²) in [4.78, 5) is 21.7. The Balaban J connectivity index is 0. The fourth-order valence-electron chi connectivity index (χ4n) is 1.85. The van der Waals surface area contributed by atoms with Crippen molar-refractivity contribution in [2.75, 3.05) is 13.2 Å². The molecule has 0 bridgehead atoms. The number of hydrogen-bond donors (Lipinski definition) is 1. The molecule has 0 amide bonds. The summed E-state index contributed by atoms with van der Waals surface area (Å²) in [5.41, 5.74) is -1.45. The Kier molecular flexibility index (Phi) is 12.9. The van der Waals surface area contributed by atoms with Crippen LogP contribution in [-0.4, -0.2) is 68.0 Å². The number of carboxylic acids is 2. The van der Waals surface area contributed by atoms with Crippen LogP contribution in [0.2, 0.25) is 0 Å². The standard InChI is InChI=1S/C16H30O5.Ca/c1-15(2,13(17)18)9-5-7-11-21-12-8-6-10-16(3,4)14(19)20;/h5-12H2,1-4H3,(H,17,18)(H,19,20);/q;+2/p-1. The minimum Gasteiger partial charge on any atom is -0.550 e. The molecule has 0 aliphatic rings. The van der Waals surface area contributed by atoms with Gasteiger partial charge in [0.2, 0.25) is 0 Å². The molecule has 0 unspecified atom stereocenters. The second-order valence-electron chi connectivity index (χ2n) is 6.89. The number of carboxylic acid groups (broad SMARTS) is 2. The predicted octanol–water partition coefficient (Wildman–Crippen LogP) is 1.85. The first kappa shape index (κ1) is 24.4. The molecule has 0 rings (SSSR count). The Hall–Kier alpha value is 0.160. The third kappa shape index (κ3) is 10.8. The second-order valence-corrected chi connectivity index (χ2v) is 6.89. The van der Waals surface area contributed by atoms with Crippen molar-refractivity contribution in [2.24, 2.45) is 10.8 Å². The summed E-state index contributed by atoms with van der Waals surface area (Å²) in [5.74, 6) is -1.77. The molecule has 0 heterocycles. The molecule has 0 spiro atoms. The Morgan fingerprint density at radius 1 is 0.909 bits per heavy atom. The minimum atomic E-state index is -1.01. The van der Waals surface area contributed by atoms with Crippen molar-refractivity contribution in [1.29, 1.82) is 0 Å². The monoisotopic (exact) mass is 341 g/mol. The molecule has 6 heteroatoms. The maximum absolute atomic E-state index is 10.9. The van der Waals surface area contributed by atoms with Crippen LogP contribution >= 0.6 is 0 Å². The van der Waals surface area contributed by atoms with Crippen molar-refractivity contribution in [1.82, 2.24) is 0 Å². The van der Waals surface area contributed by atoms with Gasteiger partial charge in [0.1, 0.15) is 0 Å². The van der Waals surface area contributed by atoms with Crippen LogP contribution < -0.4 is 5.11 Å². The molecule has 0 aromatic heterocycles. The van der Waals surface area contributed by atoms with Crippen LogP contribution in [0.3, 0.4) is 0 Å². The summed E-state index contributed by atoms with van der Waals surface area (Å²) in [5, 5.41) is 19.8. The van der Waals surface area contributed by atoms with Crippen LogP contribution in [0, 0.1) is 10.8 Å². The van der Waals surface area contributed by atoms with E-state index in [9.17, 15) is 14.7 Å². The molecule has 0 aromatic rings. The number of carbonyl (C=O) groups excluding carboxylic acids is 1. The number of unbranched alkanes of at least 4 members (excludes halogenated alkanes) is 2. The Morgan fingerprint density at radius 2 is 1.32 bits per heavy atom. The van der Waals surface area contributed by atoms with E-state index >= 15 is 0 Å². The normalized spacial score (nSPS) is 11.8. The average Bonchev–Trinajstić information content (AvgIpc) is 2.36. The SMILES string of the molecule is CC(C)(CCCCOCCCCC(C)(C)C(=O)O)C(=O)[O-].[Ca+2]. The van der Waals surface area contributed by atoms with Crippen molar-refractivity contribution >= 4 is 49.7 Å². The van der Waals surface area contributed by atoms with E-state index in [1.165, 1.54) is 0 Å². The molecule has 0 aliphatic carbocycles. The maximum Gasteiger partial charge on any atom is 2.00 e. The number of aliphatic carboxylic acids is 2. The fourth-order valence-corrected chi connectivity index (χ4v) is 1.85. The van der Waals surface area contributed by atoms with E-state index in [1.807, 2.05) is 0 Å². The summed E-state index contributed by atoms with van der Waals surface area (Å²) in [6, 6.07) is 0. The van der Waals surface area contributed by atoms with Crippen molar-refractivity contribution in [3.63, 3.8) is 0 Å². The van der Waals surface area contributed by atoms with Gasteiger partial charge in [-0.2, -0.15) is 0 Å². The van der Waals surface area contributed by atoms with Crippen LogP contribution in [0.1, 0.15) is 66.2 Å². The van der Waals surface area contributed by atoms with Crippen molar-refractivity contribution in [2.45, 2.75) is 66.2 Å². The molecule has 0 radical (unpaired) electrons. The third-order valence-electron chi connectivity index (χ3n) is 3.81. The van der Waals surface area contributed by atoms with Crippen LogP contribution in [0.25, 0.3) is 0 Å². The van der Waals surface area contributed by atoms with E-state index in [2.05, 4.69) is 0 Å². The van der Waals surface area contributed by atoms with E-state index in [-0.39, 0.29) is 37.7 Å². The summed E-state index contributed by atoms with van der Waals surface area (Å²) in [7, 11) is 0. The average molecular weight is 341 g/mol. The molecule has 5 nitrogen and oxygen atoms in total. The van der Waals surface area contributed by atoms with E-state index in [4.69, 9.17) is 9.84 Å². The van der Waals surface area contributed by atoms with Gasteiger partial charge in [-0.25, -0.2) is 0 Å². The zero-order valence-corrected chi connectivity index (χ0v) is 16.7. The van der Waals surface area contributed by atoms with Gasteiger partial charge in [0.05, 0.1) is 5.41 Å². The van der Waals surface area contributed by atoms with Gasteiger partial charge in [-0.05, 0) is 39.5 Å². The van der Waals surface area contributed by atoms with Crippen molar-refractivity contribution < 1.29 is 24.5 Å². The topological polar surface area (TPSA) is 86.7 Å². The Morgan fingerprint density at radius 3 is 1.68 bits per heavy atom. The van der Waals surface area contributed by atoms with Gasteiger partial charge in [0, 0.05) is 24.6 Å². The van der Waals surface area contributed by atoms with Gasteiger partial charge in [-0.15, -0.1) is 0 Å². The molecule has 124 valence electrons. The molecule has 22 heavy (non-hydrogen) atoms.